The number of amides is 1. The lowest BCUT2D eigenvalue weighted by atomic mass is 9.97. The van der Waals surface area contributed by atoms with Crippen molar-refractivity contribution >= 4 is 15.9 Å². The molecule has 1 aliphatic rings. The lowest BCUT2D eigenvalue weighted by Gasteiger charge is -2.30. The Bertz CT molecular complexity index is 990. The molecule has 3 rings (SSSR count). The first-order chi connectivity index (χ1) is 13.8. The fourth-order valence-electron chi connectivity index (χ4n) is 3.35. The number of rotatable bonds is 6. The largest absolute Gasteiger partial charge is 0.496 e. The number of benzene rings is 2. The third-order valence-electron chi connectivity index (χ3n) is 4.98. The summed E-state index contributed by atoms with van der Waals surface area (Å²) in [5.74, 6) is -1.68. The molecular formula is C20H22F2N2O4S. The number of carbonyl (C=O) groups excluding carboxylic acids is 1. The molecule has 0 radical (unpaired) electrons. The average molecular weight is 424 g/mol. The summed E-state index contributed by atoms with van der Waals surface area (Å²) < 4.78 is 58.9. The normalized spacial score (nSPS) is 15.8. The van der Waals surface area contributed by atoms with E-state index in [0.29, 0.717) is 31.2 Å². The number of halogens is 2. The van der Waals surface area contributed by atoms with Gasteiger partial charge in [0.2, 0.25) is 15.9 Å². The molecule has 2 aromatic carbocycles. The molecular weight excluding hydrogens is 402 g/mol. The van der Waals surface area contributed by atoms with Crippen molar-refractivity contribution in [1.82, 2.24) is 9.62 Å². The molecule has 1 amide bonds. The van der Waals surface area contributed by atoms with Crippen LogP contribution in [0.5, 0.6) is 5.75 Å². The van der Waals surface area contributed by atoms with Crippen molar-refractivity contribution in [2.24, 2.45) is 5.92 Å². The Morgan fingerprint density at radius 2 is 1.86 bits per heavy atom. The van der Waals surface area contributed by atoms with Crippen LogP contribution in [0.1, 0.15) is 18.4 Å². The van der Waals surface area contributed by atoms with Crippen molar-refractivity contribution in [3.63, 3.8) is 0 Å². The number of ether oxygens (including phenoxy) is 1. The maximum atomic E-state index is 13.9. The van der Waals surface area contributed by atoms with Gasteiger partial charge in [0.1, 0.15) is 22.3 Å². The molecule has 1 fully saturated rings. The van der Waals surface area contributed by atoms with Crippen LogP contribution in [0.15, 0.2) is 47.4 Å². The van der Waals surface area contributed by atoms with E-state index in [9.17, 15) is 22.0 Å². The van der Waals surface area contributed by atoms with Gasteiger partial charge in [-0.3, -0.25) is 4.79 Å². The average Bonchev–Trinajstić information content (AvgIpc) is 2.73. The highest BCUT2D eigenvalue weighted by Gasteiger charge is 2.33. The van der Waals surface area contributed by atoms with Gasteiger partial charge in [-0.05, 0) is 37.1 Å². The number of hydrogen-bond acceptors (Lipinski definition) is 4. The quantitative estimate of drug-likeness (QED) is 0.774. The van der Waals surface area contributed by atoms with E-state index in [0.717, 1.165) is 22.0 Å². The Morgan fingerprint density at radius 3 is 2.55 bits per heavy atom. The maximum Gasteiger partial charge on any atom is 0.246 e. The molecule has 0 bridgehead atoms. The minimum Gasteiger partial charge on any atom is -0.496 e. The van der Waals surface area contributed by atoms with Crippen LogP contribution in [0.3, 0.4) is 0 Å². The van der Waals surface area contributed by atoms with Crippen molar-refractivity contribution in [2.45, 2.75) is 24.3 Å². The van der Waals surface area contributed by atoms with Crippen molar-refractivity contribution in [3.05, 3.63) is 59.7 Å². The molecule has 29 heavy (non-hydrogen) atoms. The number of carbonyl (C=O) groups is 1. The lowest BCUT2D eigenvalue weighted by molar-refractivity contribution is -0.126. The smallest absolute Gasteiger partial charge is 0.246 e. The first-order valence-corrected chi connectivity index (χ1v) is 10.6. The summed E-state index contributed by atoms with van der Waals surface area (Å²) in [4.78, 5) is 11.8. The van der Waals surface area contributed by atoms with E-state index in [-0.39, 0.29) is 24.9 Å². The molecule has 9 heteroatoms. The van der Waals surface area contributed by atoms with Crippen molar-refractivity contribution in [3.8, 4) is 5.75 Å². The molecule has 1 heterocycles. The second-order valence-corrected chi connectivity index (χ2v) is 8.69. The Labute approximate surface area is 168 Å². The molecule has 1 N–H and O–H groups in total. The second-order valence-electron chi connectivity index (χ2n) is 6.78. The molecule has 6 nitrogen and oxygen atoms in total. The standard InChI is InChI=1S/C20H22F2N2O4S/c1-28-18-5-3-2-4-15(18)13-23-20(25)14-8-10-24(11-9-14)29(26,27)19-12-16(21)6-7-17(19)22/h2-7,12,14H,8-11,13H2,1H3,(H,23,25). The molecule has 0 aliphatic carbocycles. The Hall–Kier alpha value is -2.52. The number of piperidine rings is 1. The van der Waals surface area contributed by atoms with Gasteiger partial charge in [0.15, 0.2) is 0 Å². The van der Waals surface area contributed by atoms with Crippen molar-refractivity contribution in [2.75, 3.05) is 20.2 Å². The SMILES string of the molecule is COc1ccccc1CNC(=O)C1CCN(S(=O)(=O)c2cc(F)ccc2F)CC1. The van der Waals surface area contributed by atoms with E-state index >= 15 is 0 Å². The molecule has 156 valence electrons. The van der Waals surface area contributed by atoms with Crippen LogP contribution in [0.4, 0.5) is 8.78 Å². The van der Waals surface area contributed by atoms with Gasteiger partial charge in [0.05, 0.1) is 7.11 Å². The second kappa shape index (κ2) is 8.87. The van der Waals surface area contributed by atoms with E-state index in [1.807, 2.05) is 18.2 Å². The van der Waals surface area contributed by atoms with Crippen LogP contribution in [-0.4, -0.2) is 38.8 Å². The summed E-state index contributed by atoms with van der Waals surface area (Å²) in [5.41, 5.74) is 0.838. The van der Waals surface area contributed by atoms with Crippen LogP contribution < -0.4 is 10.1 Å². The van der Waals surface area contributed by atoms with Gasteiger partial charge in [-0.1, -0.05) is 18.2 Å². The van der Waals surface area contributed by atoms with Gasteiger partial charge >= 0.3 is 0 Å². The van der Waals surface area contributed by atoms with Crippen LogP contribution in [0, 0.1) is 17.6 Å². The zero-order valence-corrected chi connectivity index (χ0v) is 16.7. The lowest BCUT2D eigenvalue weighted by Crippen LogP contribution is -2.43. The molecule has 0 saturated carbocycles. The Morgan fingerprint density at radius 1 is 1.17 bits per heavy atom. The monoisotopic (exact) mass is 424 g/mol. The minimum absolute atomic E-state index is 0.0605. The van der Waals surface area contributed by atoms with E-state index in [1.165, 1.54) is 0 Å². The summed E-state index contributed by atoms with van der Waals surface area (Å²) in [6, 6.07) is 9.67. The first kappa shape index (κ1) is 21.2. The van der Waals surface area contributed by atoms with Crippen LogP contribution in [0.2, 0.25) is 0 Å². The van der Waals surface area contributed by atoms with Crippen LogP contribution in [0.25, 0.3) is 0 Å². The predicted octanol–water partition coefficient (Wildman–Crippen LogP) is 2.69. The van der Waals surface area contributed by atoms with Gasteiger partial charge in [-0.15, -0.1) is 0 Å². The highest BCUT2D eigenvalue weighted by Crippen LogP contribution is 2.26. The number of para-hydroxylation sites is 1. The van der Waals surface area contributed by atoms with Crippen LogP contribution >= 0.6 is 0 Å². The summed E-state index contributed by atoms with van der Waals surface area (Å²) in [7, 11) is -2.60. The summed E-state index contributed by atoms with van der Waals surface area (Å²) in [6.45, 7) is 0.423. The summed E-state index contributed by atoms with van der Waals surface area (Å²) >= 11 is 0. The minimum atomic E-state index is -4.16. The van der Waals surface area contributed by atoms with E-state index in [2.05, 4.69) is 5.32 Å². The van der Waals surface area contributed by atoms with Crippen molar-refractivity contribution < 1.29 is 26.7 Å². The Balaban J connectivity index is 1.60. The highest BCUT2D eigenvalue weighted by atomic mass is 32.2. The molecule has 0 aromatic heterocycles. The zero-order chi connectivity index (χ0) is 21.0. The summed E-state index contributed by atoms with van der Waals surface area (Å²) in [6.07, 6.45) is 0.599. The van der Waals surface area contributed by atoms with E-state index < -0.39 is 26.6 Å². The third-order valence-corrected chi connectivity index (χ3v) is 6.90. The number of hydrogen-bond donors (Lipinski definition) is 1. The van der Waals surface area contributed by atoms with Crippen molar-refractivity contribution in [1.29, 1.82) is 0 Å². The predicted molar refractivity (Wildman–Crippen MR) is 103 cm³/mol. The number of nitrogens with one attached hydrogen (secondary N) is 1. The Kier molecular flexibility index (Phi) is 6.49. The molecule has 1 saturated heterocycles. The molecule has 0 unspecified atom stereocenters. The number of nitrogens with zero attached hydrogens (tertiary/aromatic N) is 1. The summed E-state index contributed by atoms with van der Waals surface area (Å²) in [5, 5.41) is 2.85. The van der Waals surface area contributed by atoms with Gasteiger partial charge in [0, 0.05) is 31.1 Å². The number of methoxy groups -OCH3 is 1. The van der Waals surface area contributed by atoms with Gasteiger partial charge in [0.25, 0.3) is 0 Å². The van der Waals surface area contributed by atoms with Gasteiger partial charge in [-0.25, -0.2) is 17.2 Å². The fourth-order valence-corrected chi connectivity index (χ4v) is 4.89. The zero-order valence-electron chi connectivity index (χ0n) is 15.9. The third kappa shape index (κ3) is 4.73. The van der Waals surface area contributed by atoms with E-state index in [1.54, 1.807) is 13.2 Å². The molecule has 0 atom stereocenters. The molecule has 1 aliphatic heterocycles. The van der Waals surface area contributed by atoms with Gasteiger partial charge in [-0.2, -0.15) is 4.31 Å². The first-order valence-electron chi connectivity index (χ1n) is 9.17. The molecule has 2 aromatic rings. The van der Waals surface area contributed by atoms with E-state index in [4.69, 9.17) is 4.74 Å². The topological polar surface area (TPSA) is 75.7 Å². The van der Waals surface area contributed by atoms with Crippen LogP contribution in [-0.2, 0) is 21.4 Å². The van der Waals surface area contributed by atoms with Gasteiger partial charge < -0.3 is 10.1 Å². The highest BCUT2D eigenvalue weighted by molar-refractivity contribution is 7.89. The molecule has 0 spiro atoms. The number of sulfonamides is 1. The maximum absolute atomic E-state index is 13.9. The fraction of sp³-hybridized carbons (Fsp3) is 0.350.